The first kappa shape index (κ1) is 15.9. The quantitative estimate of drug-likeness (QED) is 0.438. The van der Waals surface area contributed by atoms with Crippen molar-refractivity contribution in [2.24, 2.45) is 0 Å². The molecule has 0 aliphatic carbocycles. The third kappa shape index (κ3) is 77.9. The Bertz CT molecular complexity index is 57.8. The Morgan fingerprint density at radius 2 is 1.14 bits per heavy atom. The summed E-state index contributed by atoms with van der Waals surface area (Å²) in [6.45, 7) is 0. The van der Waals surface area contributed by atoms with Gasteiger partial charge in [-0.2, -0.15) is 0 Å². The minimum Gasteiger partial charge on any atom is 0 e. The minimum absolute atomic E-state index is 0. The monoisotopic (exact) mass is 339 g/mol. The van der Waals surface area contributed by atoms with Crippen LogP contribution in [-0.4, -0.2) is 26.8 Å². The van der Waals surface area contributed by atoms with Crippen LogP contribution in [-0.2, 0) is 52.3 Å². The summed E-state index contributed by atoms with van der Waals surface area (Å²) in [4.78, 5) is 0. The third-order valence-electron chi connectivity index (χ3n) is 0. The normalized spacial score (nSPS) is 8.43. The van der Waals surface area contributed by atoms with Crippen LogP contribution < -0.4 is 0 Å². The molecule has 0 rings (SSSR count). The number of hydrogen-bond acceptors (Lipinski definition) is 1. The molecule has 0 saturated carbocycles. The Kier molecular flexibility index (Phi) is 13.6. The van der Waals surface area contributed by atoms with Crippen molar-refractivity contribution in [3.63, 3.8) is 0 Å². The predicted molar refractivity (Wildman–Crippen MR) is 13.1 cm³/mol. The number of rotatable bonds is 0. The van der Waals surface area contributed by atoms with Gasteiger partial charge in [-0.05, 0) is 0 Å². The summed E-state index contributed by atoms with van der Waals surface area (Å²) in [5.41, 5.74) is 0. The molecule has 0 aromatic rings. The molecule has 0 heterocycles. The summed E-state index contributed by atoms with van der Waals surface area (Å²) in [6.07, 6.45) is 0. The molecule has 7 heteroatoms. The third-order valence-corrected chi connectivity index (χ3v) is 0. The second-order valence-electron chi connectivity index (χ2n) is 0.513. The average Bonchev–Trinajstić information content (AvgIpc) is 0.722. The predicted octanol–water partition coefficient (Wildman–Crippen LogP) is -2.18. The van der Waals surface area contributed by atoms with Gasteiger partial charge in [-0.3, -0.25) is 0 Å². The van der Waals surface area contributed by atoms with Gasteiger partial charge in [-0.1, -0.05) is 0 Å². The van der Waals surface area contributed by atoms with E-state index in [4.69, 9.17) is 16.0 Å². The topological polar surface area (TPSA) is 77.8 Å². The fraction of sp³-hybridized carbons (Fsp3) is 0. The van der Waals surface area contributed by atoms with E-state index in [2.05, 4.69) is 0 Å². The van der Waals surface area contributed by atoms with Crippen LogP contribution in [0.4, 0.5) is 0 Å². The van der Waals surface area contributed by atoms with Crippen LogP contribution in [0.2, 0.25) is 0 Å². The van der Waals surface area contributed by atoms with Crippen LogP contribution >= 0.6 is 0 Å². The van der Waals surface area contributed by atoms with E-state index in [0.717, 1.165) is 0 Å². The average molecular weight is 341 g/mol. The number of hydrogen-bond donors (Lipinski definition) is 3. The Morgan fingerprint density at radius 3 is 1.14 bits per heavy atom. The first-order valence-electron chi connectivity index (χ1n) is 0.783. The van der Waals surface area contributed by atoms with Crippen LogP contribution in [0.5, 0.6) is 0 Å². The molecular weight excluding hydrogens is 338 g/mol. The van der Waals surface area contributed by atoms with Crippen molar-refractivity contribution < 1.29 is 64.6 Å². The first-order chi connectivity index (χ1) is 2.00. The van der Waals surface area contributed by atoms with Crippen molar-refractivity contribution in [1.29, 1.82) is 0 Å². The van der Waals surface area contributed by atoms with Crippen molar-refractivity contribution in [2.75, 3.05) is 0 Å². The molecule has 7 heavy (non-hydrogen) atoms. The fourth-order valence-electron chi connectivity index (χ4n) is 0. The van der Waals surface area contributed by atoms with Crippen molar-refractivity contribution in [2.45, 2.75) is 0 Å². The smallest absolute Gasteiger partial charge is 0 e. The van der Waals surface area contributed by atoms with Gasteiger partial charge in [0.2, 0.25) is 0 Å². The fourth-order valence-corrected chi connectivity index (χ4v) is 0. The van der Waals surface area contributed by atoms with Crippen molar-refractivity contribution in [1.82, 2.24) is 0 Å². The molecular formula is H3AgAsO4Zr. The Morgan fingerprint density at radius 1 is 1.14 bits per heavy atom. The molecule has 0 saturated heterocycles. The summed E-state index contributed by atoms with van der Waals surface area (Å²) in [7, 11) is 0. The summed E-state index contributed by atoms with van der Waals surface area (Å²) in [5, 5.41) is 0. The SMILES string of the molecule is O=[As](O)(O)O.[Ag].[Zr]. The molecule has 0 spiro atoms. The van der Waals surface area contributed by atoms with E-state index in [1.54, 1.807) is 0 Å². The van der Waals surface area contributed by atoms with Crippen molar-refractivity contribution in [3.05, 3.63) is 0 Å². The Hall–Kier alpha value is 1.86. The van der Waals surface area contributed by atoms with Gasteiger partial charge in [0.05, 0.1) is 0 Å². The molecule has 47 valence electrons. The summed E-state index contributed by atoms with van der Waals surface area (Å²) in [6, 6.07) is 0. The molecule has 0 aliphatic rings. The van der Waals surface area contributed by atoms with E-state index in [0.29, 0.717) is 0 Å². The summed E-state index contributed by atoms with van der Waals surface area (Å²) in [5.74, 6) is 0. The minimum atomic E-state index is -5.12. The van der Waals surface area contributed by atoms with Gasteiger partial charge in [0.1, 0.15) is 0 Å². The summed E-state index contributed by atoms with van der Waals surface area (Å²) < 4.78 is 30.7. The van der Waals surface area contributed by atoms with Gasteiger partial charge in [0, 0.05) is 48.6 Å². The molecule has 0 fully saturated rings. The van der Waals surface area contributed by atoms with E-state index in [1.165, 1.54) is 0 Å². The van der Waals surface area contributed by atoms with Crippen molar-refractivity contribution >= 4 is 14.5 Å². The van der Waals surface area contributed by atoms with Gasteiger partial charge in [0.15, 0.2) is 0 Å². The Balaban J connectivity index is -0.0000000800. The van der Waals surface area contributed by atoms with E-state index < -0.39 is 14.5 Å². The first-order valence-corrected chi connectivity index (χ1v) is 4.07. The largest absolute Gasteiger partial charge is 0 e. The maximum absolute atomic E-state index is 8.94. The van der Waals surface area contributed by atoms with E-state index >= 15 is 0 Å². The maximum atomic E-state index is 8.94. The van der Waals surface area contributed by atoms with E-state index in [-0.39, 0.29) is 48.6 Å². The molecule has 0 bridgehead atoms. The molecule has 0 unspecified atom stereocenters. The van der Waals surface area contributed by atoms with Gasteiger partial charge in [-0.15, -0.1) is 0 Å². The van der Waals surface area contributed by atoms with Crippen LogP contribution in [0.25, 0.3) is 0 Å². The molecule has 3 N–H and O–H groups in total. The van der Waals surface area contributed by atoms with Crippen LogP contribution in [0.3, 0.4) is 0 Å². The zero-order valence-corrected chi connectivity index (χ0v) is 8.82. The zero-order valence-electron chi connectivity index (χ0n) is 3.00. The zero-order chi connectivity index (χ0) is 4.50. The van der Waals surface area contributed by atoms with E-state index in [9.17, 15) is 0 Å². The van der Waals surface area contributed by atoms with E-state index in [1.807, 2.05) is 0 Å². The molecule has 4 nitrogen and oxygen atoms in total. The standard InChI is InChI=1S/Ag.AsH3O4.Zr/c;2-1(3,4)5;/h;(H3,2,3,4,5);. The van der Waals surface area contributed by atoms with Gasteiger partial charge in [-0.25, -0.2) is 0 Å². The maximum Gasteiger partial charge on any atom is 0 e. The molecule has 1 radical (unpaired) electrons. The molecule has 0 aliphatic heterocycles. The summed E-state index contributed by atoms with van der Waals surface area (Å²) >= 11 is -5.12. The molecule has 0 aromatic heterocycles. The molecule has 0 atom stereocenters. The van der Waals surface area contributed by atoms with Crippen LogP contribution in [0.1, 0.15) is 0 Å². The van der Waals surface area contributed by atoms with Gasteiger partial charge >= 0.3 is 30.5 Å². The van der Waals surface area contributed by atoms with Gasteiger partial charge < -0.3 is 0 Å². The van der Waals surface area contributed by atoms with Gasteiger partial charge in [0.25, 0.3) is 0 Å². The van der Waals surface area contributed by atoms with Crippen LogP contribution in [0, 0.1) is 0 Å². The molecule has 0 aromatic carbocycles. The van der Waals surface area contributed by atoms with Crippen LogP contribution in [0.15, 0.2) is 0 Å². The molecule has 0 amide bonds. The van der Waals surface area contributed by atoms with Crippen molar-refractivity contribution in [3.8, 4) is 0 Å². The Labute approximate surface area is 78.3 Å². The second-order valence-corrected chi connectivity index (χ2v) is 2.67. The second kappa shape index (κ2) is 5.99.